The Morgan fingerprint density at radius 1 is 1.57 bits per heavy atom. The van der Waals surface area contributed by atoms with Crippen LogP contribution in [0.3, 0.4) is 0 Å². The Balaban J connectivity index is 2.15. The molecule has 0 aromatic carbocycles. The second-order valence-electron chi connectivity index (χ2n) is 6.19. The average molecular weight is 292 g/mol. The van der Waals surface area contributed by atoms with Gasteiger partial charge in [0.05, 0.1) is 12.6 Å². The molecule has 2 saturated heterocycles. The molecular weight excluding hydrogens is 268 g/mol. The Labute approximate surface area is 126 Å². The van der Waals surface area contributed by atoms with Gasteiger partial charge >= 0.3 is 0 Å². The van der Waals surface area contributed by atoms with E-state index < -0.39 is 0 Å². The van der Waals surface area contributed by atoms with Crippen molar-refractivity contribution >= 4 is 5.91 Å². The number of piperidine rings is 1. The predicted octanol–water partition coefficient (Wildman–Crippen LogP) is 1.89. The van der Waals surface area contributed by atoms with Crippen molar-refractivity contribution in [1.29, 1.82) is 5.26 Å². The van der Waals surface area contributed by atoms with Crippen LogP contribution in [-0.4, -0.2) is 49.3 Å². The van der Waals surface area contributed by atoms with Gasteiger partial charge in [-0.1, -0.05) is 19.9 Å². The summed E-state index contributed by atoms with van der Waals surface area (Å²) in [4.78, 5) is 14.3. The van der Waals surface area contributed by atoms with Crippen molar-refractivity contribution in [2.24, 2.45) is 5.92 Å². The van der Waals surface area contributed by atoms with E-state index in [4.69, 9.17) is 9.47 Å². The van der Waals surface area contributed by atoms with Gasteiger partial charge in [-0.2, -0.15) is 5.26 Å². The van der Waals surface area contributed by atoms with Gasteiger partial charge in [0.2, 0.25) is 0 Å². The molecule has 116 valence electrons. The van der Waals surface area contributed by atoms with Gasteiger partial charge in [0.25, 0.3) is 5.91 Å². The molecule has 0 unspecified atom stereocenters. The Kier molecular flexibility index (Phi) is 5.02. The van der Waals surface area contributed by atoms with E-state index in [0.717, 1.165) is 25.9 Å². The summed E-state index contributed by atoms with van der Waals surface area (Å²) in [5, 5.41) is 9.21. The molecule has 0 saturated carbocycles. The highest BCUT2D eigenvalue weighted by atomic mass is 16.6. The summed E-state index contributed by atoms with van der Waals surface area (Å²) in [6.45, 7) is 5.77. The number of allylic oxidation sites excluding steroid dienone is 1. The number of nitrogens with zero attached hydrogens (tertiary/aromatic N) is 2. The van der Waals surface area contributed by atoms with E-state index in [2.05, 4.69) is 0 Å². The minimum atomic E-state index is -0.388. The summed E-state index contributed by atoms with van der Waals surface area (Å²) < 4.78 is 11.5. The van der Waals surface area contributed by atoms with Crippen LogP contribution in [0.2, 0.25) is 0 Å². The fourth-order valence-corrected chi connectivity index (χ4v) is 3.30. The van der Waals surface area contributed by atoms with Gasteiger partial charge in [-0.25, -0.2) is 0 Å². The molecule has 0 aliphatic carbocycles. The molecule has 2 aliphatic heterocycles. The molecule has 2 heterocycles. The minimum absolute atomic E-state index is 0.0312. The molecule has 5 heteroatoms. The van der Waals surface area contributed by atoms with Crippen LogP contribution >= 0.6 is 0 Å². The average Bonchev–Trinajstić information content (AvgIpc) is 2.92. The van der Waals surface area contributed by atoms with Crippen molar-refractivity contribution in [3.63, 3.8) is 0 Å². The number of likely N-dealkylation sites (tertiary alicyclic amines) is 1. The quantitative estimate of drug-likeness (QED) is 0.588. The summed E-state index contributed by atoms with van der Waals surface area (Å²) in [5.41, 5.74) is -0.157. The van der Waals surface area contributed by atoms with Crippen molar-refractivity contribution in [1.82, 2.24) is 4.90 Å². The lowest BCUT2D eigenvalue weighted by atomic mass is 9.86. The van der Waals surface area contributed by atoms with E-state index in [1.807, 2.05) is 19.9 Å². The monoisotopic (exact) mass is 292 g/mol. The lowest BCUT2D eigenvalue weighted by Crippen LogP contribution is -2.58. The molecule has 2 atom stereocenters. The highest BCUT2D eigenvalue weighted by molar-refractivity contribution is 5.97. The third-order valence-electron chi connectivity index (χ3n) is 4.26. The van der Waals surface area contributed by atoms with Crippen molar-refractivity contribution in [3.8, 4) is 6.07 Å². The number of carbonyl (C=O) groups is 1. The first kappa shape index (κ1) is 16.0. The van der Waals surface area contributed by atoms with Gasteiger partial charge in [0, 0.05) is 20.3 Å². The largest absolute Gasteiger partial charge is 0.378 e. The first-order valence-corrected chi connectivity index (χ1v) is 7.60. The maximum absolute atomic E-state index is 12.5. The Hall–Kier alpha value is -1.38. The van der Waals surface area contributed by atoms with E-state index in [-0.39, 0.29) is 29.1 Å². The van der Waals surface area contributed by atoms with Crippen molar-refractivity contribution < 1.29 is 14.3 Å². The summed E-state index contributed by atoms with van der Waals surface area (Å²) in [6.07, 6.45) is 4.42. The molecule has 0 bridgehead atoms. The van der Waals surface area contributed by atoms with Gasteiger partial charge in [-0.05, 0) is 25.2 Å². The zero-order valence-corrected chi connectivity index (χ0v) is 13.1. The maximum atomic E-state index is 12.5. The van der Waals surface area contributed by atoms with Crippen LogP contribution in [0, 0.1) is 17.2 Å². The highest BCUT2D eigenvalue weighted by Gasteiger charge is 2.48. The van der Waals surface area contributed by atoms with Crippen LogP contribution in [0.5, 0.6) is 0 Å². The number of carbonyl (C=O) groups excluding carboxylic acids is 1. The van der Waals surface area contributed by atoms with Crippen LogP contribution in [0.15, 0.2) is 11.6 Å². The first-order chi connectivity index (χ1) is 10.0. The van der Waals surface area contributed by atoms with E-state index in [9.17, 15) is 10.1 Å². The summed E-state index contributed by atoms with van der Waals surface area (Å²) in [7, 11) is 1.70. The lowest BCUT2D eigenvalue weighted by molar-refractivity contribution is -0.157. The minimum Gasteiger partial charge on any atom is -0.378 e. The molecule has 2 aliphatic rings. The topological polar surface area (TPSA) is 62.6 Å². The van der Waals surface area contributed by atoms with Gasteiger partial charge in [-0.3, -0.25) is 4.79 Å². The number of hydrogen-bond donors (Lipinski definition) is 0. The Bertz CT molecular complexity index is 459. The van der Waals surface area contributed by atoms with Crippen LogP contribution < -0.4 is 0 Å². The molecule has 21 heavy (non-hydrogen) atoms. The first-order valence-electron chi connectivity index (χ1n) is 7.60. The molecule has 5 nitrogen and oxygen atoms in total. The predicted molar refractivity (Wildman–Crippen MR) is 78.4 cm³/mol. The molecule has 0 radical (unpaired) electrons. The number of hydrogen-bond acceptors (Lipinski definition) is 4. The second kappa shape index (κ2) is 6.59. The number of rotatable bonds is 3. The third kappa shape index (κ3) is 3.28. The van der Waals surface area contributed by atoms with Crippen LogP contribution in [0.1, 0.15) is 33.1 Å². The third-order valence-corrected chi connectivity index (χ3v) is 4.26. The summed E-state index contributed by atoms with van der Waals surface area (Å²) in [5.74, 6) is -0.00701. The van der Waals surface area contributed by atoms with Crippen molar-refractivity contribution in [3.05, 3.63) is 11.6 Å². The van der Waals surface area contributed by atoms with Crippen LogP contribution in [-0.2, 0) is 14.3 Å². The van der Waals surface area contributed by atoms with Gasteiger partial charge in [0.15, 0.2) is 0 Å². The molecular formula is C16H24N2O3. The Morgan fingerprint density at radius 3 is 2.86 bits per heavy atom. The van der Waals surface area contributed by atoms with E-state index in [1.54, 1.807) is 18.1 Å². The Morgan fingerprint density at radius 2 is 2.33 bits per heavy atom. The lowest BCUT2D eigenvalue weighted by Gasteiger charge is -2.44. The van der Waals surface area contributed by atoms with Crippen molar-refractivity contribution in [2.75, 3.05) is 26.8 Å². The second-order valence-corrected chi connectivity index (χ2v) is 6.19. The molecule has 0 N–H and O–H groups in total. The van der Waals surface area contributed by atoms with E-state index in [1.165, 1.54) is 0 Å². The fourth-order valence-electron chi connectivity index (χ4n) is 3.30. The van der Waals surface area contributed by atoms with E-state index in [0.29, 0.717) is 13.1 Å². The standard InChI is InChI=1S/C16H24N2O3/c1-12(2)9-13(10-17)15(19)18-7-5-14(20-3)16(11-18)6-4-8-21-16/h9,12,14H,4-8,11H2,1-3H3/b13-9+/t14-,16-/m0/s1. The zero-order chi connectivity index (χ0) is 15.5. The number of ether oxygens (including phenoxy) is 2. The summed E-state index contributed by atoms with van der Waals surface area (Å²) >= 11 is 0. The highest BCUT2D eigenvalue weighted by Crippen LogP contribution is 2.36. The summed E-state index contributed by atoms with van der Waals surface area (Å²) in [6, 6.07) is 2.03. The van der Waals surface area contributed by atoms with Crippen LogP contribution in [0.4, 0.5) is 0 Å². The van der Waals surface area contributed by atoms with Gasteiger partial charge in [0.1, 0.15) is 17.2 Å². The zero-order valence-electron chi connectivity index (χ0n) is 13.1. The SMILES string of the molecule is CO[C@H]1CCN(C(=O)/C(C#N)=C/C(C)C)C[C@@]12CCCO2. The van der Waals surface area contributed by atoms with Gasteiger partial charge < -0.3 is 14.4 Å². The number of nitriles is 1. The fraction of sp³-hybridized carbons (Fsp3) is 0.750. The molecule has 1 amide bonds. The molecule has 1 spiro atoms. The normalized spacial score (nSPS) is 30.0. The van der Waals surface area contributed by atoms with Crippen LogP contribution in [0.25, 0.3) is 0 Å². The smallest absolute Gasteiger partial charge is 0.264 e. The number of amides is 1. The molecule has 2 fully saturated rings. The molecule has 0 aromatic heterocycles. The van der Waals surface area contributed by atoms with Gasteiger partial charge in [-0.15, -0.1) is 0 Å². The maximum Gasteiger partial charge on any atom is 0.264 e. The number of methoxy groups -OCH3 is 1. The van der Waals surface area contributed by atoms with Crippen molar-refractivity contribution in [2.45, 2.75) is 44.8 Å². The molecule has 2 rings (SSSR count). The van der Waals surface area contributed by atoms with E-state index >= 15 is 0 Å². The molecule has 0 aromatic rings.